The van der Waals surface area contributed by atoms with Crippen molar-refractivity contribution in [1.29, 1.82) is 0 Å². The van der Waals surface area contributed by atoms with Gasteiger partial charge >= 0.3 is 0 Å². The largest absolute Gasteiger partial charge is 0.497 e. The third-order valence-corrected chi connectivity index (χ3v) is 4.12. The average Bonchev–Trinajstić information content (AvgIpc) is 3.16. The first kappa shape index (κ1) is 17.7. The van der Waals surface area contributed by atoms with Crippen LogP contribution >= 0.6 is 11.8 Å². The van der Waals surface area contributed by atoms with Crippen LogP contribution in [0.15, 0.2) is 52.2 Å². The number of ether oxygens (including phenoxy) is 2. The standard InChI is InChI=1S/C17H16N4O4S/c1-23-13-6-3-11(4-7-13)16-20-21-17(25-16)26-10-14(22)19-12-5-8-15(24-2)18-9-12/h3-9H,10H2,1-2H3,(H,19,22). The van der Waals surface area contributed by atoms with Gasteiger partial charge in [0, 0.05) is 11.6 Å². The highest BCUT2D eigenvalue weighted by Gasteiger charge is 2.11. The second-order valence-corrected chi connectivity index (χ2v) is 5.95. The van der Waals surface area contributed by atoms with Crippen LogP contribution in [-0.4, -0.2) is 41.1 Å². The smallest absolute Gasteiger partial charge is 0.277 e. The number of carbonyl (C=O) groups is 1. The number of benzene rings is 1. The van der Waals surface area contributed by atoms with Gasteiger partial charge in [0.15, 0.2) is 0 Å². The van der Waals surface area contributed by atoms with Crippen molar-refractivity contribution in [3.05, 3.63) is 42.6 Å². The molecule has 1 N–H and O–H groups in total. The first-order chi connectivity index (χ1) is 12.7. The van der Waals surface area contributed by atoms with E-state index >= 15 is 0 Å². The number of carbonyl (C=O) groups excluding carboxylic acids is 1. The molecule has 2 heterocycles. The molecule has 0 saturated carbocycles. The predicted molar refractivity (Wildman–Crippen MR) is 96.4 cm³/mol. The fourth-order valence-electron chi connectivity index (χ4n) is 2.02. The van der Waals surface area contributed by atoms with Gasteiger partial charge in [-0.15, -0.1) is 10.2 Å². The fourth-order valence-corrected chi connectivity index (χ4v) is 2.58. The number of hydrogen-bond acceptors (Lipinski definition) is 8. The van der Waals surface area contributed by atoms with Gasteiger partial charge in [0.25, 0.3) is 5.22 Å². The number of nitrogens with zero attached hydrogens (tertiary/aromatic N) is 3. The molecule has 134 valence electrons. The number of anilines is 1. The molecule has 1 amide bonds. The molecule has 2 aromatic heterocycles. The first-order valence-corrected chi connectivity index (χ1v) is 8.57. The molecular weight excluding hydrogens is 356 g/mol. The molecule has 0 fully saturated rings. The van der Waals surface area contributed by atoms with Crippen LogP contribution in [0, 0.1) is 0 Å². The number of thioether (sulfide) groups is 1. The van der Waals surface area contributed by atoms with Crippen LogP contribution in [-0.2, 0) is 4.79 Å². The minimum Gasteiger partial charge on any atom is -0.497 e. The molecule has 0 spiro atoms. The Labute approximate surface area is 153 Å². The van der Waals surface area contributed by atoms with Gasteiger partial charge in [0.2, 0.25) is 17.7 Å². The lowest BCUT2D eigenvalue weighted by molar-refractivity contribution is -0.113. The summed E-state index contributed by atoms with van der Waals surface area (Å²) >= 11 is 1.16. The summed E-state index contributed by atoms with van der Waals surface area (Å²) in [4.78, 5) is 16.0. The van der Waals surface area contributed by atoms with Crippen LogP contribution in [0.3, 0.4) is 0 Å². The van der Waals surface area contributed by atoms with E-state index in [9.17, 15) is 4.79 Å². The molecule has 0 saturated heterocycles. The molecule has 3 aromatic rings. The van der Waals surface area contributed by atoms with Crippen LogP contribution < -0.4 is 14.8 Å². The third-order valence-electron chi connectivity index (χ3n) is 3.30. The lowest BCUT2D eigenvalue weighted by Gasteiger charge is -2.04. The fraction of sp³-hybridized carbons (Fsp3) is 0.176. The topological polar surface area (TPSA) is 99.4 Å². The molecule has 0 radical (unpaired) electrons. The number of nitrogens with one attached hydrogen (secondary N) is 1. The van der Waals surface area contributed by atoms with Crippen molar-refractivity contribution < 1.29 is 18.7 Å². The minimum atomic E-state index is -0.203. The van der Waals surface area contributed by atoms with Crippen molar-refractivity contribution in [2.75, 3.05) is 25.3 Å². The van der Waals surface area contributed by atoms with Crippen LogP contribution in [0.25, 0.3) is 11.5 Å². The Balaban J connectivity index is 1.54. The van der Waals surface area contributed by atoms with Gasteiger partial charge in [-0.2, -0.15) is 0 Å². The van der Waals surface area contributed by atoms with E-state index in [0.29, 0.717) is 22.7 Å². The normalized spacial score (nSPS) is 10.4. The summed E-state index contributed by atoms with van der Waals surface area (Å²) in [6.45, 7) is 0. The quantitative estimate of drug-likeness (QED) is 0.632. The maximum Gasteiger partial charge on any atom is 0.277 e. The van der Waals surface area contributed by atoms with Gasteiger partial charge < -0.3 is 19.2 Å². The summed E-state index contributed by atoms with van der Waals surface area (Å²) in [5.41, 5.74) is 1.36. The number of amides is 1. The molecule has 8 nitrogen and oxygen atoms in total. The lowest BCUT2D eigenvalue weighted by Crippen LogP contribution is -2.14. The Kier molecular flexibility index (Phi) is 5.69. The van der Waals surface area contributed by atoms with Crippen molar-refractivity contribution in [3.8, 4) is 23.1 Å². The van der Waals surface area contributed by atoms with E-state index in [4.69, 9.17) is 13.9 Å². The zero-order chi connectivity index (χ0) is 18.4. The monoisotopic (exact) mass is 372 g/mol. The molecule has 26 heavy (non-hydrogen) atoms. The summed E-state index contributed by atoms with van der Waals surface area (Å²) in [6.07, 6.45) is 1.52. The number of pyridine rings is 1. The Morgan fingerprint density at radius 3 is 2.58 bits per heavy atom. The molecule has 1 aromatic carbocycles. The van der Waals surface area contributed by atoms with Gasteiger partial charge in [-0.1, -0.05) is 11.8 Å². The van der Waals surface area contributed by atoms with Crippen molar-refractivity contribution in [2.45, 2.75) is 5.22 Å². The molecule has 0 aliphatic heterocycles. The van der Waals surface area contributed by atoms with E-state index in [1.54, 1.807) is 19.2 Å². The minimum absolute atomic E-state index is 0.135. The lowest BCUT2D eigenvalue weighted by atomic mass is 10.2. The molecule has 0 aliphatic carbocycles. The predicted octanol–water partition coefficient (Wildman–Crippen LogP) is 2.88. The number of rotatable bonds is 7. The van der Waals surface area contributed by atoms with Crippen LogP contribution in [0.4, 0.5) is 5.69 Å². The summed E-state index contributed by atoms with van der Waals surface area (Å²) in [7, 11) is 3.13. The number of aromatic nitrogens is 3. The van der Waals surface area contributed by atoms with E-state index < -0.39 is 0 Å². The average molecular weight is 372 g/mol. The van der Waals surface area contributed by atoms with Gasteiger partial charge in [-0.3, -0.25) is 4.79 Å². The maximum absolute atomic E-state index is 12.0. The van der Waals surface area contributed by atoms with E-state index in [1.165, 1.54) is 13.3 Å². The van der Waals surface area contributed by atoms with Crippen molar-refractivity contribution in [2.24, 2.45) is 0 Å². The molecule has 3 rings (SSSR count). The van der Waals surface area contributed by atoms with Crippen molar-refractivity contribution in [1.82, 2.24) is 15.2 Å². The van der Waals surface area contributed by atoms with E-state index in [0.717, 1.165) is 23.1 Å². The molecule has 9 heteroatoms. The van der Waals surface area contributed by atoms with Crippen LogP contribution in [0.5, 0.6) is 11.6 Å². The SMILES string of the molecule is COc1ccc(-c2nnc(SCC(=O)Nc3ccc(OC)nc3)o2)cc1. The van der Waals surface area contributed by atoms with E-state index in [-0.39, 0.29) is 11.7 Å². The first-order valence-electron chi connectivity index (χ1n) is 7.58. The van der Waals surface area contributed by atoms with Gasteiger partial charge in [0.05, 0.1) is 31.9 Å². The van der Waals surface area contributed by atoms with E-state index in [1.807, 2.05) is 24.3 Å². The molecule has 0 unspecified atom stereocenters. The molecule has 0 aliphatic rings. The zero-order valence-electron chi connectivity index (χ0n) is 14.1. The Morgan fingerprint density at radius 2 is 1.92 bits per heavy atom. The second-order valence-electron chi connectivity index (χ2n) is 5.03. The van der Waals surface area contributed by atoms with Crippen molar-refractivity contribution in [3.63, 3.8) is 0 Å². The van der Waals surface area contributed by atoms with Gasteiger partial charge in [-0.05, 0) is 30.3 Å². The highest BCUT2D eigenvalue weighted by molar-refractivity contribution is 7.99. The number of hydrogen-bond donors (Lipinski definition) is 1. The summed E-state index contributed by atoms with van der Waals surface area (Å²) in [5, 5.41) is 11.0. The third kappa shape index (κ3) is 4.51. The Morgan fingerprint density at radius 1 is 1.12 bits per heavy atom. The van der Waals surface area contributed by atoms with Crippen LogP contribution in [0.2, 0.25) is 0 Å². The summed E-state index contributed by atoms with van der Waals surface area (Å²) < 4.78 is 15.6. The van der Waals surface area contributed by atoms with Gasteiger partial charge in [0.1, 0.15) is 5.75 Å². The highest BCUT2D eigenvalue weighted by Crippen LogP contribution is 2.25. The Hall–Kier alpha value is -3.07. The molecule has 0 atom stereocenters. The second kappa shape index (κ2) is 8.34. The number of methoxy groups -OCH3 is 2. The van der Waals surface area contributed by atoms with Gasteiger partial charge in [-0.25, -0.2) is 4.98 Å². The van der Waals surface area contributed by atoms with Crippen LogP contribution in [0.1, 0.15) is 0 Å². The molecule has 0 bridgehead atoms. The summed E-state index contributed by atoms with van der Waals surface area (Å²) in [6, 6.07) is 10.6. The maximum atomic E-state index is 12.0. The molecular formula is C17H16N4O4S. The van der Waals surface area contributed by atoms with Crippen molar-refractivity contribution >= 4 is 23.4 Å². The highest BCUT2D eigenvalue weighted by atomic mass is 32.2. The summed E-state index contributed by atoms with van der Waals surface area (Å²) in [5.74, 6) is 1.54. The van der Waals surface area contributed by atoms with E-state index in [2.05, 4.69) is 20.5 Å². The Bertz CT molecular complexity index is 865. The zero-order valence-corrected chi connectivity index (χ0v) is 14.9.